The molecule has 0 N–H and O–H groups in total. The lowest BCUT2D eigenvalue weighted by molar-refractivity contribution is -0.117. The number of nitrogens with zero attached hydrogens (tertiary/aromatic N) is 2. The van der Waals surface area contributed by atoms with Crippen LogP contribution < -0.4 is 4.90 Å². The molecular formula is C15H18N2OS. The molecule has 0 saturated heterocycles. The number of benzene rings is 1. The van der Waals surface area contributed by atoms with Crippen molar-refractivity contribution in [1.29, 1.82) is 0 Å². The minimum absolute atomic E-state index is 0.125. The van der Waals surface area contributed by atoms with E-state index >= 15 is 0 Å². The largest absolute Gasteiger partial charge is 0.312 e. The molecule has 1 aromatic carbocycles. The number of thiazole rings is 1. The monoisotopic (exact) mass is 274 g/mol. The number of aromatic nitrogens is 1. The summed E-state index contributed by atoms with van der Waals surface area (Å²) < 4.78 is 0. The van der Waals surface area contributed by atoms with Crippen LogP contribution in [0.4, 0.5) is 5.69 Å². The lowest BCUT2D eigenvalue weighted by Crippen LogP contribution is -2.31. The molecule has 1 heterocycles. The maximum atomic E-state index is 12.4. The topological polar surface area (TPSA) is 33.2 Å². The Balaban J connectivity index is 2.16. The summed E-state index contributed by atoms with van der Waals surface area (Å²) in [6, 6.07) is 9.79. The summed E-state index contributed by atoms with van der Waals surface area (Å²) in [5.41, 5.74) is 1.92. The Morgan fingerprint density at radius 3 is 2.47 bits per heavy atom. The van der Waals surface area contributed by atoms with Crippen LogP contribution in [0.15, 0.2) is 30.3 Å². The summed E-state index contributed by atoms with van der Waals surface area (Å²) in [4.78, 5) is 19.7. The first-order valence-electron chi connectivity index (χ1n) is 6.40. The van der Waals surface area contributed by atoms with Gasteiger partial charge in [-0.1, -0.05) is 18.2 Å². The highest BCUT2D eigenvalue weighted by atomic mass is 32.1. The number of amides is 1. The van der Waals surface area contributed by atoms with Gasteiger partial charge in [0.1, 0.15) is 0 Å². The summed E-state index contributed by atoms with van der Waals surface area (Å²) in [6.45, 7) is 6.61. The maximum Gasteiger partial charge on any atom is 0.232 e. The standard InChI is InChI=1S/C15H18N2OS/c1-4-17(13-8-6-5-7-9-13)15(18)10-14-11(2)16-12(3)19-14/h5-9H,4,10H2,1-3H3. The van der Waals surface area contributed by atoms with E-state index in [-0.39, 0.29) is 5.91 Å². The SMILES string of the molecule is CCN(C(=O)Cc1sc(C)nc1C)c1ccccc1. The Morgan fingerprint density at radius 1 is 1.26 bits per heavy atom. The lowest BCUT2D eigenvalue weighted by Gasteiger charge is -2.20. The number of carbonyl (C=O) groups is 1. The highest BCUT2D eigenvalue weighted by molar-refractivity contribution is 7.11. The molecule has 19 heavy (non-hydrogen) atoms. The van der Waals surface area contributed by atoms with E-state index in [2.05, 4.69) is 4.98 Å². The van der Waals surface area contributed by atoms with Crippen molar-refractivity contribution in [3.05, 3.63) is 45.9 Å². The van der Waals surface area contributed by atoms with Gasteiger partial charge in [-0.05, 0) is 32.9 Å². The highest BCUT2D eigenvalue weighted by Crippen LogP contribution is 2.20. The second-order valence-electron chi connectivity index (χ2n) is 4.39. The predicted molar refractivity (Wildman–Crippen MR) is 79.8 cm³/mol. The third-order valence-electron chi connectivity index (χ3n) is 3.00. The van der Waals surface area contributed by atoms with Gasteiger partial charge in [-0.3, -0.25) is 4.79 Å². The second-order valence-corrected chi connectivity index (χ2v) is 5.68. The molecule has 0 atom stereocenters. The number of carbonyl (C=O) groups excluding carboxylic acids is 1. The van der Waals surface area contributed by atoms with Crippen molar-refractivity contribution >= 4 is 22.9 Å². The molecule has 0 aliphatic rings. The van der Waals surface area contributed by atoms with Gasteiger partial charge in [0.25, 0.3) is 0 Å². The molecule has 0 spiro atoms. The molecule has 2 rings (SSSR count). The molecule has 0 radical (unpaired) electrons. The number of hydrogen-bond acceptors (Lipinski definition) is 3. The highest BCUT2D eigenvalue weighted by Gasteiger charge is 2.16. The number of likely N-dealkylation sites (N-methyl/N-ethyl adjacent to an activating group) is 1. The van der Waals surface area contributed by atoms with Crippen molar-refractivity contribution in [3.8, 4) is 0 Å². The molecule has 0 aliphatic heterocycles. The van der Waals surface area contributed by atoms with E-state index in [0.717, 1.165) is 21.3 Å². The summed E-state index contributed by atoms with van der Waals surface area (Å²) >= 11 is 1.61. The van der Waals surface area contributed by atoms with Gasteiger partial charge in [-0.15, -0.1) is 11.3 Å². The van der Waals surface area contributed by atoms with Crippen molar-refractivity contribution in [1.82, 2.24) is 4.98 Å². The zero-order chi connectivity index (χ0) is 13.8. The van der Waals surface area contributed by atoms with Crippen LogP contribution in [0.5, 0.6) is 0 Å². The van der Waals surface area contributed by atoms with Crippen molar-refractivity contribution in [2.75, 3.05) is 11.4 Å². The fraction of sp³-hybridized carbons (Fsp3) is 0.333. The molecule has 100 valence electrons. The molecule has 0 bridgehead atoms. The molecule has 3 nitrogen and oxygen atoms in total. The number of anilines is 1. The Kier molecular flexibility index (Phi) is 4.32. The summed E-state index contributed by atoms with van der Waals surface area (Å²) in [5.74, 6) is 0.125. The molecular weight excluding hydrogens is 256 g/mol. The van der Waals surface area contributed by atoms with Gasteiger partial charge in [0.2, 0.25) is 5.91 Å². The third-order valence-corrected chi connectivity index (χ3v) is 4.07. The predicted octanol–water partition coefficient (Wildman–Crippen LogP) is 3.36. The zero-order valence-electron chi connectivity index (χ0n) is 11.5. The Hall–Kier alpha value is -1.68. The summed E-state index contributed by atoms with van der Waals surface area (Å²) in [6.07, 6.45) is 0.431. The smallest absolute Gasteiger partial charge is 0.232 e. The van der Waals surface area contributed by atoms with E-state index in [1.807, 2.05) is 56.0 Å². The quantitative estimate of drug-likeness (QED) is 0.856. The molecule has 4 heteroatoms. The molecule has 0 unspecified atom stereocenters. The van der Waals surface area contributed by atoms with Gasteiger partial charge in [0.15, 0.2) is 0 Å². The van der Waals surface area contributed by atoms with E-state index in [1.54, 1.807) is 11.3 Å². The van der Waals surface area contributed by atoms with Crippen LogP contribution in [-0.2, 0) is 11.2 Å². The third kappa shape index (κ3) is 3.20. The molecule has 0 fully saturated rings. The van der Waals surface area contributed by atoms with Crippen LogP contribution in [-0.4, -0.2) is 17.4 Å². The lowest BCUT2D eigenvalue weighted by atomic mass is 10.2. The minimum Gasteiger partial charge on any atom is -0.312 e. The maximum absolute atomic E-state index is 12.4. The second kappa shape index (κ2) is 5.97. The first kappa shape index (κ1) is 13.7. The number of hydrogen-bond donors (Lipinski definition) is 0. The molecule has 0 saturated carbocycles. The summed E-state index contributed by atoms with van der Waals surface area (Å²) in [5, 5.41) is 1.02. The van der Waals surface area contributed by atoms with E-state index in [9.17, 15) is 4.79 Å². The average molecular weight is 274 g/mol. The van der Waals surface area contributed by atoms with Crippen molar-refractivity contribution in [3.63, 3.8) is 0 Å². The van der Waals surface area contributed by atoms with Gasteiger partial charge in [0.05, 0.1) is 17.1 Å². The first-order chi connectivity index (χ1) is 9.11. The number of para-hydroxylation sites is 1. The first-order valence-corrected chi connectivity index (χ1v) is 7.21. The van der Waals surface area contributed by atoms with E-state index in [1.165, 1.54) is 0 Å². The van der Waals surface area contributed by atoms with Crippen molar-refractivity contribution < 1.29 is 4.79 Å². The van der Waals surface area contributed by atoms with Gasteiger partial charge < -0.3 is 4.90 Å². The van der Waals surface area contributed by atoms with Crippen molar-refractivity contribution in [2.45, 2.75) is 27.2 Å². The zero-order valence-corrected chi connectivity index (χ0v) is 12.3. The molecule has 1 amide bonds. The molecule has 2 aromatic rings. The van der Waals surface area contributed by atoms with Crippen molar-refractivity contribution in [2.24, 2.45) is 0 Å². The van der Waals surface area contributed by atoms with Crippen LogP contribution in [0.2, 0.25) is 0 Å². The Labute approximate surface area is 117 Å². The Morgan fingerprint density at radius 2 is 1.95 bits per heavy atom. The van der Waals surface area contributed by atoms with Crippen LogP contribution in [0, 0.1) is 13.8 Å². The van der Waals surface area contributed by atoms with Gasteiger partial charge >= 0.3 is 0 Å². The van der Waals surface area contributed by atoms with Gasteiger partial charge in [-0.2, -0.15) is 0 Å². The minimum atomic E-state index is 0.125. The van der Waals surface area contributed by atoms with E-state index in [0.29, 0.717) is 13.0 Å². The average Bonchev–Trinajstić information content (AvgIpc) is 2.70. The van der Waals surface area contributed by atoms with E-state index < -0.39 is 0 Å². The Bertz CT molecular complexity index is 563. The van der Waals surface area contributed by atoms with E-state index in [4.69, 9.17) is 0 Å². The van der Waals surface area contributed by atoms with Crippen LogP contribution in [0.1, 0.15) is 22.5 Å². The molecule has 0 aliphatic carbocycles. The fourth-order valence-corrected chi connectivity index (χ4v) is 3.01. The number of aryl methyl sites for hydroxylation is 2. The van der Waals surface area contributed by atoms with Gasteiger partial charge in [-0.25, -0.2) is 4.98 Å². The fourth-order valence-electron chi connectivity index (χ4n) is 2.08. The van der Waals surface area contributed by atoms with Crippen LogP contribution >= 0.6 is 11.3 Å². The van der Waals surface area contributed by atoms with Gasteiger partial charge in [0, 0.05) is 17.1 Å². The summed E-state index contributed by atoms with van der Waals surface area (Å²) in [7, 11) is 0. The van der Waals surface area contributed by atoms with Crippen LogP contribution in [0.3, 0.4) is 0 Å². The number of rotatable bonds is 4. The molecule has 1 aromatic heterocycles. The van der Waals surface area contributed by atoms with Crippen LogP contribution in [0.25, 0.3) is 0 Å². The normalized spacial score (nSPS) is 10.5.